The average Bonchev–Trinajstić information content (AvgIpc) is 2.94. The van der Waals surface area contributed by atoms with Gasteiger partial charge in [0.25, 0.3) is 0 Å². The normalized spacial score (nSPS) is 10.7. The van der Waals surface area contributed by atoms with Crippen LogP contribution in [0.15, 0.2) is 41.8 Å². The molecule has 2 heterocycles. The lowest BCUT2D eigenvalue weighted by Gasteiger charge is -2.11. The summed E-state index contributed by atoms with van der Waals surface area (Å²) in [4.78, 5) is 23.3. The molecule has 4 nitrogen and oxygen atoms in total. The highest BCUT2D eigenvalue weighted by Crippen LogP contribution is 2.26. The number of carbonyl (C=O) groups excluding carboxylic acids is 1. The summed E-state index contributed by atoms with van der Waals surface area (Å²) in [7, 11) is 3.73. The first kappa shape index (κ1) is 12.7. The van der Waals surface area contributed by atoms with Crippen molar-refractivity contribution < 1.29 is 4.79 Å². The highest BCUT2D eigenvalue weighted by atomic mass is 32.1. The fourth-order valence-corrected chi connectivity index (χ4v) is 2.75. The lowest BCUT2D eigenvalue weighted by atomic mass is 10.1. The van der Waals surface area contributed by atoms with E-state index in [9.17, 15) is 4.79 Å². The molecule has 0 saturated carbocycles. The number of ketones is 1. The van der Waals surface area contributed by atoms with Gasteiger partial charge in [-0.25, -0.2) is 9.97 Å². The molecule has 0 spiro atoms. The average molecular weight is 283 g/mol. The molecular weight excluding hydrogens is 270 g/mol. The second-order valence-corrected chi connectivity index (χ2v) is 5.51. The van der Waals surface area contributed by atoms with Crippen LogP contribution in [-0.4, -0.2) is 29.8 Å². The van der Waals surface area contributed by atoms with Crippen LogP contribution in [-0.2, 0) is 0 Å². The number of carbonyl (C=O) groups is 1. The van der Waals surface area contributed by atoms with E-state index in [1.807, 2.05) is 43.7 Å². The molecule has 100 valence electrons. The molecule has 3 aromatic rings. The van der Waals surface area contributed by atoms with Crippen molar-refractivity contribution in [1.82, 2.24) is 9.97 Å². The molecule has 20 heavy (non-hydrogen) atoms. The third kappa shape index (κ3) is 2.16. The summed E-state index contributed by atoms with van der Waals surface area (Å²) >= 11 is 1.49. The van der Waals surface area contributed by atoms with E-state index in [1.165, 1.54) is 11.3 Å². The summed E-state index contributed by atoms with van der Waals surface area (Å²) < 4.78 is 0.837. The zero-order chi connectivity index (χ0) is 14.1. The minimum absolute atomic E-state index is 0.0662. The molecule has 0 aliphatic carbocycles. The van der Waals surface area contributed by atoms with Gasteiger partial charge in [0.05, 0.1) is 10.2 Å². The van der Waals surface area contributed by atoms with Crippen molar-refractivity contribution in [2.24, 2.45) is 0 Å². The molecule has 3 rings (SSSR count). The number of hydrogen-bond donors (Lipinski definition) is 0. The van der Waals surface area contributed by atoms with E-state index in [2.05, 4.69) is 9.97 Å². The summed E-state index contributed by atoms with van der Waals surface area (Å²) in [5, 5.41) is 1.93. The second-order valence-electron chi connectivity index (χ2n) is 4.60. The van der Waals surface area contributed by atoms with E-state index in [0.29, 0.717) is 17.2 Å². The lowest BCUT2D eigenvalue weighted by molar-refractivity contribution is 0.103. The maximum absolute atomic E-state index is 12.6. The smallest absolute Gasteiger partial charge is 0.226 e. The Morgan fingerprint density at radius 3 is 2.55 bits per heavy atom. The Labute approximate surface area is 120 Å². The van der Waals surface area contributed by atoms with E-state index >= 15 is 0 Å². The Bertz CT molecular complexity index is 765. The van der Waals surface area contributed by atoms with Crippen molar-refractivity contribution in [2.75, 3.05) is 19.0 Å². The molecule has 0 atom stereocenters. The molecule has 0 saturated heterocycles. The van der Waals surface area contributed by atoms with Crippen LogP contribution in [0.5, 0.6) is 0 Å². The second kappa shape index (κ2) is 5.02. The van der Waals surface area contributed by atoms with Crippen LogP contribution in [0.3, 0.4) is 0 Å². The maximum Gasteiger partial charge on any atom is 0.226 e. The first-order chi connectivity index (χ1) is 9.66. The molecule has 2 aromatic heterocycles. The van der Waals surface area contributed by atoms with E-state index < -0.39 is 0 Å². The number of thiophene rings is 1. The van der Waals surface area contributed by atoms with Gasteiger partial charge < -0.3 is 4.90 Å². The van der Waals surface area contributed by atoms with Crippen molar-refractivity contribution in [3.8, 4) is 0 Å². The van der Waals surface area contributed by atoms with Crippen LogP contribution in [0.1, 0.15) is 16.1 Å². The molecule has 0 radical (unpaired) electrons. The first-order valence-corrected chi connectivity index (χ1v) is 7.07. The van der Waals surface area contributed by atoms with Crippen molar-refractivity contribution in [3.63, 3.8) is 0 Å². The van der Waals surface area contributed by atoms with E-state index in [0.717, 1.165) is 10.2 Å². The molecule has 0 fully saturated rings. The van der Waals surface area contributed by atoms with Gasteiger partial charge in [-0.1, -0.05) is 30.3 Å². The van der Waals surface area contributed by atoms with E-state index in [-0.39, 0.29) is 5.78 Å². The molecule has 5 heteroatoms. The number of aromatic nitrogens is 2. The minimum Gasteiger partial charge on any atom is -0.347 e. The highest BCUT2D eigenvalue weighted by molar-refractivity contribution is 7.17. The summed E-state index contributed by atoms with van der Waals surface area (Å²) in [5.41, 5.74) is 1.93. The summed E-state index contributed by atoms with van der Waals surface area (Å²) in [5.74, 6) is 0.485. The third-order valence-electron chi connectivity index (χ3n) is 2.94. The Morgan fingerprint density at radius 1 is 1.10 bits per heavy atom. The van der Waals surface area contributed by atoms with Crippen LogP contribution in [0.25, 0.3) is 10.2 Å². The van der Waals surface area contributed by atoms with Crippen LogP contribution >= 0.6 is 11.3 Å². The van der Waals surface area contributed by atoms with E-state index in [1.54, 1.807) is 17.0 Å². The Kier molecular flexibility index (Phi) is 3.20. The molecule has 0 unspecified atom stereocenters. The predicted octanol–water partition coefficient (Wildman–Crippen LogP) is 2.99. The molecule has 0 N–H and O–H groups in total. The van der Waals surface area contributed by atoms with Gasteiger partial charge in [-0.2, -0.15) is 0 Å². The number of anilines is 1. The fourth-order valence-electron chi connectivity index (χ4n) is 1.93. The van der Waals surface area contributed by atoms with Gasteiger partial charge in [0, 0.05) is 19.7 Å². The standard InChI is InChI=1S/C15H13N3OS/c1-18(2)15-16-11-8-9-20-14(11)12(17-15)13(19)10-6-4-3-5-7-10/h3-9H,1-2H3. The van der Waals surface area contributed by atoms with Crippen molar-refractivity contribution >= 4 is 33.3 Å². The molecule has 0 amide bonds. The van der Waals surface area contributed by atoms with E-state index in [4.69, 9.17) is 0 Å². The van der Waals surface area contributed by atoms with Gasteiger partial charge in [-0.05, 0) is 11.4 Å². The van der Waals surface area contributed by atoms with Crippen LogP contribution in [0, 0.1) is 0 Å². The molecule has 0 aliphatic heterocycles. The van der Waals surface area contributed by atoms with Crippen LogP contribution < -0.4 is 4.90 Å². The quantitative estimate of drug-likeness (QED) is 0.693. The number of nitrogens with zero attached hydrogens (tertiary/aromatic N) is 3. The van der Waals surface area contributed by atoms with Gasteiger partial charge in [-0.3, -0.25) is 4.79 Å². The van der Waals surface area contributed by atoms with Crippen LogP contribution in [0.2, 0.25) is 0 Å². The number of rotatable bonds is 3. The monoisotopic (exact) mass is 283 g/mol. The molecule has 0 aliphatic rings. The number of benzene rings is 1. The Hall–Kier alpha value is -2.27. The molecule has 1 aromatic carbocycles. The summed E-state index contributed by atoms with van der Waals surface area (Å²) in [6.45, 7) is 0. The molecular formula is C15H13N3OS. The maximum atomic E-state index is 12.6. The van der Waals surface area contributed by atoms with Crippen molar-refractivity contribution in [2.45, 2.75) is 0 Å². The van der Waals surface area contributed by atoms with Crippen LogP contribution in [0.4, 0.5) is 5.95 Å². The highest BCUT2D eigenvalue weighted by Gasteiger charge is 2.18. The third-order valence-corrected chi connectivity index (χ3v) is 3.85. The van der Waals surface area contributed by atoms with Gasteiger partial charge in [-0.15, -0.1) is 11.3 Å². The van der Waals surface area contributed by atoms with Crippen molar-refractivity contribution in [3.05, 3.63) is 53.0 Å². The van der Waals surface area contributed by atoms with Gasteiger partial charge in [0.2, 0.25) is 11.7 Å². The molecule has 0 bridgehead atoms. The summed E-state index contributed by atoms with van der Waals surface area (Å²) in [6.07, 6.45) is 0. The Morgan fingerprint density at radius 2 is 1.85 bits per heavy atom. The minimum atomic E-state index is -0.0662. The fraction of sp³-hybridized carbons (Fsp3) is 0.133. The Balaban J connectivity index is 2.19. The van der Waals surface area contributed by atoms with Gasteiger partial charge in [0.1, 0.15) is 5.69 Å². The van der Waals surface area contributed by atoms with Crippen molar-refractivity contribution in [1.29, 1.82) is 0 Å². The lowest BCUT2D eigenvalue weighted by Crippen LogP contribution is -2.15. The zero-order valence-electron chi connectivity index (χ0n) is 11.2. The summed E-state index contributed by atoms with van der Waals surface area (Å²) in [6, 6.07) is 11.1. The first-order valence-electron chi connectivity index (χ1n) is 6.19. The number of fused-ring (bicyclic) bond motifs is 1. The zero-order valence-corrected chi connectivity index (χ0v) is 12.0. The topological polar surface area (TPSA) is 46.1 Å². The predicted molar refractivity (Wildman–Crippen MR) is 81.6 cm³/mol. The number of hydrogen-bond acceptors (Lipinski definition) is 5. The largest absolute Gasteiger partial charge is 0.347 e. The van der Waals surface area contributed by atoms with Gasteiger partial charge >= 0.3 is 0 Å². The SMILES string of the molecule is CN(C)c1nc(C(=O)c2ccccc2)c2sccc2n1. The van der Waals surface area contributed by atoms with Gasteiger partial charge in [0.15, 0.2) is 0 Å².